The Bertz CT molecular complexity index is 491. The van der Waals surface area contributed by atoms with Crippen molar-refractivity contribution < 1.29 is 24.6 Å². The maximum absolute atomic E-state index is 11.7. The first-order chi connectivity index (χ1) is 8.41. The largest absolute Gasteiger partial charge is 0.481 e. The van der Waals surface area contributed by atoms with E-state index >= 15 is 0 Å². The van der Waals surface area contributed by atoms with Crippen molar-refractivity contribution in [1.82, 2.24) is 10.3 Å². The first kappa shape index (κ1) is 14.1. The lowest BCUT2D eigenvalue weighted by Gasteiger charge is -2.12. The molecule has 7 nitrogen and oxygen atoms in total. The van der Waals surface area contributed by atoms with Gasteiger partial charge in [0, 0.05) is 6.20 Å². The van der Waals surface area contributed by atoms with Gasteiger partial charge in [0.25, 0.3) is 5.91 Å². The number of carboxylic acids is 2. The molecule has 0 aromatic carbocycles. The van der Waals surface area contributed by atoms with Crippen molar-refractivity contribution in [1.29, 1.82) is 0 Å². The Kier molecular flexibility index (Phi) is 4.78. The Balaban J connectivity index is 2.82. The van der Waals surface area contributed by atoms with Gasteiger partial charge in [-0.2, -0.15) is 0 Å². The summed E-state index contributed by atoms with van der Waals surface area (Å²) in [6.45, 7) is 0. The molecule has 1 atom stereocenters. The Morgan fingerprint density at radius 2 is 2.06 bits per heavy atom. The van der Waals surface area contributed by atoms with Gasteiger partial charge in [-0.25, -0.2) is 9.78 Å². The number of nitrogens with zero attached hydrogens (tertiary/aromatic N) is 1. The van der Waals surface area contributed by atoms with Crippen molar-refractivity contribution in [2.24, 2.45) is 0 Å². The summed E-state index contributed by atoms with van der Waals surface area (Å²) < 4.78 is 0.252. The van der Waals surface area contributed by atoms with E-state index in [2.05, 4.69) is 26.2 Å². The topological polar surface area (TPSA) is 117 Å². The maximum Gasteiger partial charge on any atom is 0.326 e. The minimum absolute atomic E-state index is 0.133. The van der Waals surface area contributed by atoms with Gasteiger partial charge in [0.2, 0.25) is 0 Å². The fourth-order valence-electron chi connectivity index (χ4n) is 1.17. The molecule has 1 aromatic heterocycles. The maximum atomic E-state index is 11.7. The highest BCUT2D eigenvalue weighted by Gasteiger charge is 2.24. The number of carbonyl (C=O) groups excluding carboxylic acids is 1. The van der Waals surface area contributed by atoms with Crippen LogP contribution in [0.2, 0.25) is 0 Å². The molecule has 0 fully saturated rings. The standard InChI is InChI=1S/C10H9BrN2O5/c11-8-5(2-1-3-12-8)9(16)13-6(10(17)18)4-7(14)15/h1-3,6H,4H2,(H,13,16)(H,14,15)(H,17,18)/t6-/m0/s1. The summed E-state index contributed by atoms with van der Waals surface area (Å²) in [5.41, 5.74) is 0.133. The van der Waals surface area contributed by atoms with Crippen LogP contribution in [0.3, 0.4) is 0 Å². The van der Waals surface area contributed by atoms with Gasteiger partial charge in [-0.15, -0.1) is 0 Å². The lowest BCUT2D eigenvalue weighted by Crippen LogP contribution is -2.42. The van der Waals surface area contributed by atoms with Gasteiger partial charge in [0.05, 0.1) is 12.0 Å². The van der Waals surface area contributed by atoms with Crippen molar-refractivity contribution in [2.75, 3.05) is 0 Å². The Morgan fingerprint density at radius 3 is 2.56 bits per heavy atom. The Hall–Kier alpha value is -1.96. The molecule has 0 saturated carbocycles. The molecule has 0 aliphatic rings. The monoisotopic (exact) mass is 316 g/mol. The molecule has 1 aromatic rings. The van der Waals surface area contributed by atoms with Gasteiger partial charge in [-0.05, 0) is 28.1 Å². The number of hydrogen-bond acceptors (Lipinski definition) is 4. The number of rotatable bonds is 5. The van der Waals surface area contributed by atoms with Crippen LogP contribution in [0.15, 0.2) is 22.9 Å². The molecule has 1 heterocycles. The molecule has 0 saturated heterocycles. The molecule has 1 rings (SSSR count). The van der Waals surface area contributed by atoms with Crippen LogP contribution in [0, 0.1) is 0 Å². The van der Waals surface area contributed by atoms with E-state index in [1.165, 1.54) is 18.3 Å². The van der Waals surface area contributed by atoms with E-state index < -0.39 is 30.3 Å². The van der Waals surface area contributed by atoms with Crippen LogP contribution in [0.1, 0.15) is 16.8 Å². The van der Waals surface area contributed by atoms with Crippen LogP contribution < -0.4 is 5.32 Å². The summed E-state index contributed by atoms with van der Waals surface area (Å²) in [4.78, 5) is 36.8. The van der Waals surface area contributed by atoms with Crippen molar-refractivity contribution >= 4 is 33.8 Å². The summed E-state index contributed by atoms with van der Waals surface area (Å²) in [5.74, 6) is -3.43. The number of halogens is 1. The summed E-state index contributed by atoms with van der Waals surface area (Å²) in [6, 6.07) is 1.46. The van der Waals surface area contributed by atoms with Crippen LogP contribution in [-0.2, 0) is 9.59 Å². The highest BCUT2D eigenvalue weighted by atomic mass is 79.9. The molecular weight excluding hydrogens is 308 g/mol. The molecular formula is C10H9BrN2O5. The summed E-state index contributed by atoms with van der Waals surface area (Å²) in [6.07, 6.45) is 0.756. The lowest BCUT2D eigenvalue weighted by molar-refractivity contribution is -0.145. The predicted octanol–water partition coefficient (Wildman–Crippen LogP) is 0.502. The van der Waals surface area contributed by atoms with Crippen molar-refractivity contribution in [3.05, 3.63) is 28.5 Å². The number of amides is 1. The Labute approximate surface area is 110 Å². The number of aromatic nitrogens is 1. The fourth-order valence-corrected chi connectivity index (χ4v) is 1.60. The van der Waals surface area contributed by atoms with Crippen LogP contribution in [0.25, 0.3) is 0 Å². The van der Waals surface area contributed by atoms with Crippen LogP contribution in [-0.4, -0.2) is 39.1 Å². The molecule has 3 N–H and O–H groups in total. The van der Waals surface area contributed by atoms with E-state index in [4.69, 9.17) is 10.2 Å². The number of nitrogens with one attached hydrogen (secondary N) is 1. The zero-order valence-electron chi connectivity index (χ0n) is 8.96. The van der Waals surface area contributed by atoms with E-state index in [9.17, 15) is 14.4 Å². The van der Waals surface area contributed by atoms with Crippen LogP contribution in [0.4, 0.5) is 0 Å². The van der Waals surface area contributed by atoms with Gasteiger partial charge in [-0.3, -0.25) is 9.59 Å². The molecule has 0 unspecified atom stereocenters. The van der Waals surface area contributed by atoms with Gasteiger partial charge < -0.3 is 15.5 Å². The van der Waals surface area contributed by atoms with Gasteiger partial charge >= 0.3 is 11.9 Å². The van der Waals surface area contributed by atoms with Crippen LogP contribution >= 0.6 is 15.9 Å². The highest BCUT2D eigenvalue weighted by molar-refractivity contribution is 9.10. The van der Waals surface area contributed by atoms with E-state index in [0.717, 1.165) is 0 Å². The van der Waals surface area contributed by atoms with Crippen molar-refractivity contribution in [3.8, 4) is 0 Å². The third kappa shape index (κ3) is 3.81. The molecule has 0 aliphatic heterocycles. The average molecular weight is 317 g/mol. The molecule has 96 valence electrons. The number of pyridine rings is 1. The van der Waals surface area contributed by atoms with E-state index in [1.54, 1.807) is 0 Å². The van der Waals surface area contributed by atoms with Crippen LogP contribution in [0.5, 0.6) is 0 Å². The third-order valence-electron chi connectivity index (χ3n) is 1.99. The second-order valence-corrected chi connectivity index (χ2v) is 4.06. The summed E-state index contributed by atoms with van der Waals surface area (Å²) >= 11 is 3.04. The molecule has 0 bridgehead atoms. The molecule has 0 spiro atoms. The zero-order valence-corrected chi connectivity index (χ0v) is 10.5. The van der Waals surface area contributed by atoms with Gasteiger partial charge in [-0.1, -0.05) is 0 Å². The van der Waals surface area contributed by atoms with Gasteiger partial charge in [0.1, 0.15) is 10.6 Å². The fraction of sp³-hybridized carbons (Fsp3) is 0.200. The summed E-state index contributed by atoms with van der Waals surface area (Å²) in [5, 5.41) is 19.4. The first-order valence-corrected chi connectivity index (χ1v) is 5.57. The molecule has 18 heavy (non-hydrogen) atoms. The highest BCUT2D eigenvalue weighted by Crippen LogP contribution is 2.12. The molecule has 0 aliphatic carbocycles. The lowest BCUT2D eigenvalue weighted by atomic mass is 10.2. The number of carbonyl (C=O) groups is 3. The predicted molar refractivity (Wildman–Crippen MR) is 63.1 cm³/mol. The number of aliphatic carboxylic acids is 2. The molecule has 8 heteroatoms. The first-order valence-electron chi connectivity index (χ1n) is 4.77. The SMILES string of the molecule is O=C(O)C[C@H](NC(=O)c1cccnc1Br)C(=O)O. The van der Waals surface area contributed by atoms with Crippen molar-refractivity contribution in [2.45, 2.75) is 12.5 Å². The quantitative estimate of drug-likeness (QED) is 0.681. The van der Waals surface area contributed by atoms with E-state index in [1.807, 2.05) is 0 Å². The second kappa shape index (κ2) is 6.10. The minimum Gasteiger partial charge on any atom is -0.481 e. The smallest absolute Gasteiger partial charge is 0.326 e. The van der Waals surface area contributed by atoms with Crippen molar-refractivity contribution in [3.63, 3.8) is 0 Å². The van der Waals surface area contributed by atoms with E-state index in [-0.39, 0.29) is 10.2 Å². The normalized spacial score (nSPS) is 11.6. The van der Waals surface area contributed by atoms with Gasteiger partial charge in [0.15, 0.2) is 0 Å². The summed E-state index contributed by atoms with van der Waals surface area (Å²) in [7, 11) is 0. The zero-order chi connectivity index (χ0) is 13.7. The number of carboxylic acid groups (broad SMARTS) is 2. The molecule has 0 radical (unpaired) electrons. The number of hydrogen-bond donors (Lipinski definition) is 3. The van der Waals surface area contributed by atoms with E-state index in [0.29, 0.717) is 0 Å². The Morgan fingerprint density at radius 1 is 1.39 bits per heavy atom. The average Bonchev–Trinajstić information content (AvgIpc) is 2.27. The third-order valence-corrected chi connectivity index (χ3v) is 2.62. The second-order valence-electron chi connectivity index (χ2n) is 3.30. The molecule has 1 amide bonds. The minimum atomic E-state index is -1.48.